The molecule has 4 heteroatoms. The first-order valence-electron chi connectivity index (χ1n) is 4.92. The van der Waals surface area contributed by atoms with Gasteiger partial charge in [-0.1, -0.05) is 51.3 Å². The van der Waals surface area contributed by atoms with Gasteiger partial charge in [0.25, 0.3) is 0 Å². The molecule has 88 valence electrons. The molecule has 0 bridgehead atoms. The monoisotopic (exact) mass is 332 g/mol. The number of benzene rings is 2. The number of hydrogen-bond donors (Lipinski definition) is 0. The predicted octanol–water partition coefficient (Wildman–Crippen LogP) is 5.69. The van der Waals surface area contributed by atoms with Gasteiger partial charge in [-0.05, 0) is 35.4 Å². The number of hydrogen-bond acceptors (Lipinski definition) is 0. The highest BCUT2D eigenvalue weighted by molar-refractivity contribution is 9.08. The molecule has 0 unspecified atom stereocenters. The summed E-state index contributed by atoms with van der Waals surface area (Å²) in [6.07, 6.45) is 0. The van der Waals surface area contributed by atoms with Crippen molar-refractivity contribution < 1.29 is 4.39 Å². The maximum atomic E-state index is 13.4. The van der Waals surface area contributed by atoms with E-state index in [0.717, 1.165) is 11.1 Å². The molecule has 0 heterocycles. The smallest absolute Gasteiger partial charge is 0.127 e. The van der Waals surface area contributed by atoms with Crippen LogP contribution in [-0.2, 0) is 5.33 Å². The lowest BCUT2D eigenvalue weighted by Crippen LogP contribution is -1.88. The molecule has 0 spiro atoms. The van der Waals surface area contributed by atoms with Crippen LogP contribution >= 0.6 is 39.1 Å². The number of alkyl halides is 1. The minimum atomic E-state index is -0.242. The van der Waals surface area contributed by atoms with Crippen molar-refractivity contribution in [3.63, 3.8) is 0 Å². The Kier molecular flexibility index (Phi) is 4.08. The molecule has 0 atom stereocenters. The quantitative estimate of drug-likeness (QED) is 0.619. The van der Waals surface area contributed by atoms with Crippen LogP contribution < -0.4 is 0 Å². The van der Waals surface area contributed by atoms with Crippen molar-refractivity contribution in [3.8, 4) is 11.1 Å². The molecular formula is C13H8BrCl2F. The summed E-state index contributed by atoms with van der Waals surface area (Å²) in [6, 6.07) is 10.2. The van der Waals surface area contributed by atoms with Crippen molar-refractivity contribution >= 4 is 39.1 Å². The van der Waals surface area contributed by atoms with E-state index < -0.39 is 0 Å². The van der Waals surface area contributed by atoms with Crippen LogP contribution in [0.5, 0.6) is 0 Å². The Hall–Kier alpha value is -0.570. The second-order valence-corrected chi connectivity index (χ2v) is 4.91. The summed E-state index contributed by atoms with van der Waals surface area (Å²) in [5.41, 5.74) is 2.13. The zero-order valence-electron chi connectivity index (χ0n) is 8.68. The molecule has 0 radical (unpaired) electrons. The van der Waals surface area contributed by atoms with Gasteiger partial charge in [-0.25, -0.2) is 4.39 Å². The van der Waals surface area contributed by atoms with Crippen LogP contribution in [0.25, 0.3) is 11.1 Å². The Bertz CT molecular complexity index is 535. The molecule has 0 aliphatic heterocycles. The Morgan fingerprint density at radius 3 is 2.29 bits per heavy atom. The van der Waals surface area contributed by atoms with Gasteiger partial charge in [-0.2, -0.15) is 0 Å². The van der Waals surface area contributed by atoms with Gasteiger partial charge in [-0.3, -0.25) is 0 Å². The van der Waals surface area contributed by atoms with Gasteiger partial charge in [0, 0.05) is 20.9 Å². The second kappa shape index (κ2) is 5.38. The average Bonchev–Trinajstić information content (AvgIpc) is 2.31. The van der Waals surface area contributed by atoms with Crippen molar-refractivity contribution in [1.82, 2.24) is 0 Å². The Morgan fingerprint density at radius 2 is 1.71 bits per heavy atom. The molecule has 2 aromatic carbocycles. The zero-order chi connectivity index (χ0) is 12.4. The highest BCUT2D eigenvalue weighted by Crippen LogP contribution is 2.35. The highest BCUT2D eigenvalue weighted by Gasteiger charge is 2.10. The molecule has 0 saturated heterocycles. The van der Waals surface area contributed by atoms with Crippen LogP contribution in [0, 0.1) is 5.82 Å². The minimum absolute atomic E-state index is 0.242. The summed E-state index contributed by atoms with van der Waals surface area (Å²) in [5, 5.41) is 1.57. The van der Waals surface area contributed by atoms with Crippen LogP contribution in [0.1, 0.15) is 5.56 Å². The van der Waals surface area contributed by atoms with E-state index in [0.29, 0.717) is 20.9 Å². The summed E-state index contributed by atoms with van der Waals surface area (Å²) < 4.78 is 13.4. The van der Waals surface area contributed by atoms with Crippen molar-refractivity contribution in [2.45, 2.75) is 5.33 Å². The standard InChI is InChI=1S/C13H8BrCl2F/c14-7-9-6-8(4-5-12(9)17)13-10(15)2-1-3-11(13)16/h1-6H,7H2. The van der Waals surface area contributed by atoms with Gasteiger partial charge in [0.15, 0.2) is 0 Å². The van der Waals surface area contributed by atoms with Crippen molar-refractivity contribution in [3.05, 3.63) is 57.8 Å². The molecule has 0 amide bonds. The Balaban J connectivity index is 2.61. The number of rotatable bonds is 2. The molecule has 0 N–H and O–H groups in total. The fourth-order valence-electron chi connectivity index (χ4n) is 1.61. The van der Waals surface area contributed by atoms with E-state index in [1.807, 2.05) is 0 Å². The molecule has 0 aromatic heterocycles. The fourth-order valence-corrected chi connectivity index (χ4v) is 2.65. The third kappa shape index (κ3) is 2.65. The maximum absolute atomic E-state index is 13.4. The van der Waals surface area contributed by atoms with Gasteiger partial charge >= 0.3 is 0 Å². The predicted molar refractivity (Wildman–Crippen MR) is 74.5 cm³/mol. The van der Waals surface area contributed by atoms with Crippen molar-refractivity contribution in [2.75, 3.05) is 0 Å². The molecule has 2 aromatic rings. The molecule has 0 aliphatic rings. The first-order valence-corrected chi connectivity index (χ1v) is 6.80. The average molecular weight is 334 g/mol. The van der Waals surface area contributed by atoms with E-state index in [1.54, 1.807) is 30.3 Å². The third-order valence-electron chi connectivity index (χ3n) is 2.44. The molecule has 17 heavy (non-hydrogen) atoms. The van der Waals surface area contributed by atoms with Crippen LogP contribution in [0.2, 0.25) is 10.0 Å². The summed E-state index contributed by atoms with van der Waals surface area (Å²) in [6.45, 7) is 0. The zero-order valence-corrected chi connectivity index (χ0v) is 11.8. The molecule has 0 aliphatic carbocycles. The highest BCUT2D eigenvalue weighted by atomic mass is 79.9. The van der Waals surface area contributed by atoms with E-state index in [2.05, 4.69) is 15.9 Å². The van der Waals surface area contributed by atoms with Gasteiger partial charge in [0.1, 0.15) is 5.82 Å². The SMILES string of the molecule is Fc1ccc(-c2c(Cl)cccc2Cl)cc1CBr. The lowest BCUT2D eigenvalue weighted by molar-refractivity contribution is 0.618. The van der Waals surface area contributed by atoms with E-state index in [9.17, 15) is 4.39 Å². The lowest BCUT2D eigenvalue weighted by atomic mass is 10.0. The molecular weight excluding hydrogens is 326 g/mol. The minimum Gasteiger partial charge on any atom is -0.207 e. The molecule has 2 rings (SSSR count). The largest absolute Gasteiger partial charge is 0.207 e. The van der Waals surface area contributed by atoms with E-state index in [4.69, 9.17) is 23.2 Å². The molecule has 0 saturated carbocycles. The van der Waals surface area contributed by atoms with Crippen LogP contribution in [-0.4, -0.2) is 0 Å². The summed E-state index contributed by atoms with van der Waals surface area (Å²) in [5.74, 6) is -0.242. The second-order valence-electron chi connectivity index (χ2n) is 3.54. The first kappa shape index (κ1) is 12.9. The van der Waals surface area contributed by atoms with Crippen LogP contribution in [0.3, 0.4) is 0 Å². The van der Waals surface area contributed by atoms with Gasteiger partial charge in [-0.15, -0.1) is 0 Å². The summed E-state index contributed by atoms with van der Waals surface area (Å²) in [4.78, 5) is 0. The Labute approximate surface area is 117 Å². The first-order chi connectivity index (χ1) is 8.13. The van der Waals surface area contributed by atoms with Crippen molar-refractivity contribution in [1.29, 1.82) is 0 Å². The van der Waals surface area contributed by atoms with Crippen LogP contribution in [0.4, 0.5) is 4.39 Å². The van der Waals surface area contributed by atoms with E-state index >= 15 is 0 Å². The summed E-state index contributed by atoms with van der Waals surface area (Å²) in [7, 11) is 0. The van der Waals surface area contributed by atoms with Gasteiger partial charge in [0.2, 0.25) is 0 Å². The fraction of sp³-hybridized carbons (Fsp3) is 0.0769. The lowest BCUT2D eigenvalue weighted by Gasteiger charge is -2.09. The van der Waals surface area contributed by atoms with Gasteiger partial charge in [0.05, 0.1) is 0 Å². The van der Waals surface area contributed by atoms with Gasteiger partial charge < -0.3 is 0 Å². The van der Waals surface area contributed by atoms with Crippen LogP contribution in [0.15, 0.2) is 36.4 Å². The maximum Gasteiger partial charge on any atom is 0.127 e. The number of halogens is 4. The normalized spacial score (nSPS) is 10.6. The van der Waals surface area contributed by atoms with E-state index in [-0.39, 0.29) is 5.82 Å². The third-order valence-corrected chi connectivity index (χ3v) is 3.68. The molecule has 0 nitrogen and oxygen atoms in total. The molecule has 0 fully saturated rings. The van der Waals surface area contributed by atoms with E-state index in [1.165, 1.54) is 6.07 Å². The van der Waals surface area contributed by atoms with Crippen molar-refractivity contribution in [2.24, 2.45) is 0 Å². The summed E-state index contributed by atoms with van der Waals surface area (Å²) >= 11 is 15.5. The Morgan fingerprint density at radius 1 is 1.06 bits per heavy atom. The topological polar surface area (TPSA) is 0 Å².